The molecule has 19 heavy (non-hydrogen) atoms. The average molecular weight is 267 g/mol. The Kier molecular flexibility index (Phi) is 4.80. The van der Waals surface area contributed by atoms with E-state index >= 15 is 0 Å². The lowest BCUT2D eigenvalue weighted by Crippen LogP contribution is -2.47. The van der Waals surface area contributed by atoms with Gasteiger partial charge in [-0.1, -0.05) is 6.92 Å². The summed E-state index contributed by atoms with van der Waals surface area (Å²) in [6, 6.07) is -0.0573. The Balaban J connectivity index is 1.78. The highest BCUT2D eigenvalue weighted by Crippen LogP contribution is 2.27. The van der Waals surface area contributed by atoms with Crippen molar-refractivity contribution in [3.05, 3.63) is 0 Å². The van der Waals surface area contributed by atoms with Gasteiger partial charge in [0.2, 0.25) is 11.8 Å². The average Bonchev–Trinajstić information content (AvgIpc) is 2.92. The first-order valence-corrected chi connectivity index (χ1v) is 7.39. The van der Waals surface area contributed by atoms with Crippen molar-refractivity contribution in [1.82, 2.24) is 10.2 Å². The zero-order chi connectivity index (χ0) is 13.8. The molecule has 5 nitrogen and oxygen atoms in total. The van der Waals surface area contributed by atoms with Crippen molar-refractivity contribution >= 4 is 11.8 Å². The molecule has 108 valence electrons. The molecule has 1 saturated carbocycles. The van der Waals surface area contributed by atoms with E-state index in [-0.39, 0.29) is 30.3 Å². The normalized spacial score (nSPS) is 31.3. The van der Waals surface area contributed by atoms with Gasteiger partial charge in [-0.25, -0.2) is 0 Å². The zero-order valence-corrected chi connectivity index (χ0v) is 11.7. The first kappa shape index (κ1) is 14.3. The summed E-state index contributed by atoms with van der Waals surface area (Å²) in [5, 5.41) is 2.77. The van der Waals surface area contributed by atoms with Crippen molar-refractivity contribution in [2.45, 2.75) is 45.1 Å². The highest BCUT2D eigenvalue weighted by Gasteiger charge is 2.31. The second-order valence-electron chi connectivity index (χ2n) is 5.99. The quantitative estimate of drug-likeness (QED) is 0.781. The molecule has 1 saturated heterocycles. The first-order chi connectivity index (χ1) is 9.08. The third-order valence-electron chi connectivity index (χ3n) is 4.38. The predicted molar refractivity (Wildman–Crippen MR) is 73.3 cm³/mol. The molecule has 5 heteroatoms. The van der Waals surface area contributed by atoms with Crippen LogP contribution in [0.3, 0.4) is 0 Å². The molecule has 2 aliphatic rings. The molecule has 0 radical (unpaired) electrons. The van der Waals surface area contributed by atoms with E-state index in [1.807, 2.05) is 4.90 Å². The molecule has 3 unspecified atom stereocenters. The van der Waals surface area contributed by atoms with Gasteiger partial charge in [0, 0.05) is 19.1 Å². The summed E-state index contributed by atoms with van der Waals surface area (Å²) in [6.45, 7) is 3.93. The minimum Gasteiger partial charge on any atom is -0.347 e. The van der Waals surface area contributed by atoms with Crippen molar-refractivity contribution in [2.75, 3.05) is 19.6 Å². The lowest BCUT2D eigenvalue weighted by molar-refractivity contribution is -0.134. The van der Waals surface area contributed by atoms with E-state index in [2.05, 4.69) is 12.2 Å². The van der Waals surface area contributed by atoms with Gasteiger partial charge in [-0.2, -0.15) is 0 Å². The van der Waals surface area contributed by atoms with Crippen molar-refractivity contribution in [1.29, 1.82) is 0 Å². The Morgan fingerprint density at radius 1 is 1.26 bits per heavy atom. The molecule has 0 aromatic heterocycles. The molecule has 0 aromatic carbocycles. The molecular formula is C14H25N3O2. The summed E-state index contributed by atoms with van der Waals surface area (Å²) in [6.07, 6.45) is 4.98. The standard InChI is InChI=1S/C14H25N3O2/c1-10-4-5-12(15)11(8-10)14(19)16-9-13(18)17-6-2-3-7-17/h10-12H,2-9,15H2,1H3,(H,16,19). The summed E-state index contributed by atoms with van der Waals surface area (Å²) in [5.41, 5.74) is 6.01. The van der Waals surface area contributed by atoms with Crippen LogP contribution >= 0.6 is 0 Å². The SMILES string of the molecule is CC1CCC(N)C(C(=O)NCC(=O)N2CCCC2)C1. The molecule has 0 aromatic rings. The van der Waals surface area contributed by atoms with Gasteiger partial charge >= 0.3 is 0 Å². The van der Waals surface area contributed by atoms with Crippen LogP contribution in [-0.2, 0) is 9.59 Å². The molecule has 3 atom stereocenters. The van der Waals surface area contributed by atoms with Gasteiger partial charge in [0.05, 0.1) is 12.5 Å². The topological polar surface area (TPSA) is 75.4 Å². The molecule has 0 spiro atoms. The molecule has 1 heterocycles. The second-order valence-corrected chi connectivity index (χ2v) is 5.99. The molecule has 0 bridgehead atoms. The third kappa shape index (κ3) is 3.69. The third-order valence-corrected chi connectivity index (χ3v) is 4.38. The fourth-order valence-electron chi connectivity index (χ4n) is 3.08. The van der Waals surface area contributed by atoms with Crippen LogP contribution in [-0.4, -0.2) is 42.4 Å². The maximum atomic E-state index is 12.1. The minimum absolute atomic E-state index is 0.0308. The molecule has 1 aliphatic carbocycles. The highest BCUT2D eigenvalue weighted by molar-refractivity contribution is 5.86. The number of carbonyl (C=O) groups excluding carboxylic acids is 2. The summed E-state index contributed by atoms with van der Waals surface area (Å²) in [5.74, 6) is 0.398. The minimum atomic E-state index is -0.130. The van der Waals surface area contributed by atoms with E-state index in [1.165, 1.54) is 0 Å². The number of rotatable bonds is 3. The number of hydrogen-bond acceptors (Lipinski definition) is 3. The van der Waals surface area contributed by atoms with Crippen LogP contribution < -0.4 is 11.1 Å². The molecular weight excluding hydrogens is 242 g/mol. The summed E-state index contributed by atoms with van der Waals surface area (Å²) in [7, 11) is 0. The Morgan fingerprint density at radius 2 is 1.95 bits per heavy atom. The lowest BCUT2D eigenvalue weighted by atomic mass is 9.79. The maximum Gasteiger partial charge on any atom is 0.241 e. The summed E-state index contributed by atoms with van der Waals surface area (Å²) < 4.78 is 0. The fourth-order valence-corrected chi connectivity index (χ4v) is 3.08. The van der Waals surface area contributed by atoms with Crippen molar-refractivity contribution in [3.8, 4) is 0 Å². The van der Waals surface area contributed by atoms with Crippen LogP contribution in [0.1, 0.15) is 39.0 Å². The molecule has 2 rings (SSSR count). The van der Waals surface area contributed by atoms with Gasteiger partial charge in [0.1, 0.15) is 0 Å². The summed E-state index contributed by atoms with van der Waals surface area (Å²) in [4.78, 5) is 25.8. The van der Waals surface area contributed by atoms with Crippen LogP contribution in [0.2, 0.25) is 0 Å². The Labute approximate surface area is 114 Å². The van der Waals surface area contributed by atoms with Gasteiger partial charge in [-0.05, 0) is 38.0 Å². The molecule has 2 amide bonds. The highest BCUT2D eigenvalue weighted by atomic mass is 16.2. The summed E-state index contributed by atoms with van der Waals surface area (Å²) >= 11 is 0. The Hall–Kier alpha value is -1.10. The number of nitrogens with zero attached hydrogens (tertiary/aromatic N) is 1. The number of carbonyl (C=O) groups is 2. The number of hydrogen-bond donors (Lipinski definition) is 2. The fraction of sp³-hybridized carbons (Fsp3) is 0.857. The van der Waals surface area contributed by atoms with Gasteiger partial charge in [0.15, 0.2) is 0 Å². The van der Waals surface area contributed by atoms with E-state index in [4.69, 9.17) is 5.73 Å². The molecule has 3 N–H and O–H groups in total. The van der Waals surface area contributed by atoms with E-state index in [1.54, 1.807) is 0 Å². The number of nitrogens with one attached hydrogen (secondary N) is 1. The van der Waals surface area contributed by atoms with E-state index in [9.17, 15) is 9.59 Å². The Morgan fingerprint density at radius 3 is 2.63 bits per heavy atom. The number of likely N-dealkylation sites (tertiary alicyclic amines) is 1. The van der Waals surface area contributed by atoms with Crippen molar-refractivity contribution in [2.24, 2.45) is 17.6 Å². The predicted octanol–water partition coefficient (Wildman–Crippen LogP) is 0.489. The maximum absolute atomic E-state index is 12.1. The first-order valence-electron chi connectivity index (χ1n) is 7.39. The van der Waals surface area contributed by atoms with Gasteiger partial charge in [-0.3, -0.25) is 9.59 Å². The van der Waals surface area contributed by atoms with Crippen molar-refractivity contribution < 1.29 is 9.59 Å². The smallest absolute Gasteiger partial charge is 0.241 e. The molecule has 2 fully saturated rings. The van der Waals surface area contributed by atoms with E-state index in [0.29, 0.717) is 5.92 Å². The number of nitrogens with two attached hydrogens (primary N) is 1. The van der Waals surface area contributed by atoms with Gasteiger partial charge in [0.25, 0.3) is 0 Å². The van der Waals surface area contributed by atoms with Crippen LogP contribution in [0.25, 0.3) is 0 Å². The van der Waals surface area contributed by atoms with Crippen LogP contribution in [0, 0.1) is 11.8 Å². The zero-order valence-electron chi connectivity index (χ0n) is 11.7. The monoisotopic (exact) mass is 267 g/mol. The second kappa shape index (κ2) is 6.37. The van der Waals surface area contributed by atoms with Crippen LogP contribution in [0.4, 0.5) is 0 Å². The van der Waals surface area contributed by atoms with Crippen LogP contribution in [0.5, 0.6) is 0 Å². The van der Waals surface area contributed by atoms with E-state index < -0.39 is 0 Å². The van der Waals surface area contributed by atoms with Gasteiger partial charge in [-0.15, -0.1) is 0 Å². The van der Waals surface area contributed by atoms with Crippen molar-refractivity contribution in [3.63, 3.8) is 0 Å². The van der Waals surface area contributed by atoms with Gasteiger partial charge < -0.3 is 16.0 Å². The van der Waals surface area contributed by atoms with E-state index in [0.717, 1.165) is 45.2 Å². The largest absolute Gasteiger partial charge is 0.347 e. The number of amides is 2. The lowest BCUT2D eigenvalue weighted by Gasteiger charge is -2.31. The molecule has 1 aliphatic heterocycles. The van der Waals surface area contributed by atoms with Crippen LogP contribution in [0.15, 0.2) is 0 Å². The Bertz CT molecular complexity index is 340.